The lowest BCUT2D eigenvalue weighted by Crippen LogP contribution is -2.33. The number of carbonyl (C=O) groups excluding carboxylic acids is 1. The number of ether oxygens (including phenoxy) is 1. The second-order valence-corrected chi connectivity index (χ2v) is 5.94. The third-order valence-electron chi connectivity index (χ3n) is 4.40. The molecule has 1 fully saturated rings. The molecule has 2 rings (SSSR count). The Morgan fingerprint density at radius 3 is 2.35 bits per heavy atom. The Bertz CT molecular complexity index is 506. The number of alkyl halides is 3. The first-order chi connectivity index (χ1) is 10.9. The van der Waals surface area contributed by atoms with Crippen LogP contribution in [0.15, 0.2) is 24.3 Å². The molecule has 0 aliphatic carbocycles. The molecule has 0 spiro atoms. The monoisotopic (exact) mass is 329 g/mol. The fourth-order valence-corrected chi connectivity index (χ4v) is 2.98. The van der Waals surface area contributed by atoms with E-state index in [1.165, 1.54) is 7.11 Å². The molecule has 3 nitrogen and oxygen atoms in total. The molecule has 23 heavy (non-hydrogen) atoms. The Labute approximate surface area is 134 Å². The van der Waals surface area contributed by atoms with Crippen molar-refractivity contribution in [1.82, 2.24) is 0 Å². The maximum atomic E-state index is 12.6. The summed E-state index contributed by atoms with van der Waals surface area (Å²) < 4.78 is 42.3. The first-order valence-corrected chi connectivity index (χ1v) is 7.89. The van der Waals surface area contributed by atoms with Crippen molar-refractivity contribution in [2.45, 2.75) is 38.3 Å². The van der Waals surface area contributed by atoms with E-state index in [4.69, 9.17) is 0 Å². The molecule has 6 heteroatoms. The van der Waals surface area contributed by atoms with Crippen LogP contribution in [0.3, 0.4) is 0 Å². The van der Waals surface area contributed by atoms with E-state index in [9.17, 15) is 18.0 Å². The lowest BCUT2D eigenvalue weighted by atomic mass is 9.91. The molecule has 0 unspecified atom stereocenters. The van der Waals surface area contributed by atoms with Gasteiger partial charge < -0.3 is 9.64 Å². The van der Waals surface area contributed by atoms with Gasteiger partial charge in [0.25, 0.3) is 0 Å². The third-order valence-corrected chi connectivity index (χ3v) is 4.40. The predicted octanol–water partition coefficient (Wildman–Crippen LogP) is 4.27. The highest BCUT2D eigenvalue weighted by molar-refractivity contribution is 5.68. The first kappa shape index (κ1) is 17.6. The Balaban J connectivity index is 1.79. The summed E-state index contributed by atoms with van der Waals surface area (Å²) in [5.74, 6) is 0.401. The van der Waals surface area contributed by atoms with Gasteiger partial charge in [-0.3, -0.25) is 4.79 Å². The van der Waals surface area contributed by atoms with Crippen LogP contribution in [0, 0.1) is 5.92 Å². The molecule has 0 saturated carbocycles. The molecule has 0 radical (unpaired) electrons. The lowest BCUT2D eigenvalue weighted by molar-refractivity contribution is -0.141. The van der Waals surface area contributed by atoms with Crippen LogP contribution in [0.4, 0.5) is 18.9 Å². The molecule has 1 aromatic rings. The zero-order valence-corrected chi connectivity index (χ0v) is 13.2. The number of hydrogen-bond acceptors (Lipinski definition) is 3. The molecule has 0 bridgehead atoms. The van der Waals surface area contributed by atoms with Gasteiger partial charge in [-0.15, -0.1) is 0 Å². The summed E-state index contributed by atoms with van der Waals surface area (Å²) in [7, 11) is 1.39. The number of halogens is 3. The standard InChI is InChI=1S/C17H22F3NO2/c1-23-16(22)4-2-3-13-9-11-21(12-10-13)15-7-5-14(6-8-15)17(18,19)20/h5-8,13H,2-4,9-12H2,1H3. The lowest BCUT2D eigenvalue weighted by Gasteiger charge is -2.33. The molecular formula is C17H22F3NO2. The Hall–Kier alpha value is -1.72. The molecule has 128 valence electrons. The minimum absolute atomic E-state index is 0.174. The fraction of sp³-hybridized carbons (Fsp3) is 0.588. The van der Waals surface area contributed by atoms with Crippen molar-refractivity contribution in [2.24, 2.45) is 5.92 Å². The molecule has 0 amide bonds. The van der Waals surface area contributed by atoms with E-state index in [0.717, 1.165) is 56.6 Å². The van der Waals surface area contributed by atoms with Crippen LogP contribution in [0.2, 0.25) is 0 Å². The van der Waals surface area contributed by atoms with Gasteiger partial charge in [-0.2, -0.15) is 13.2 Å². The van der Waals surface area contributed by atoms with E-state index in [0.29, 0.717) is 12.3 Å². The van der Waals surface area contributed by atoms with Gasteiger partial charge >= 0.3 is 12.1 Å². The molecule has 0 aromatic heterocycles. The van der Waals surface area contributed by atoms with Gasteiger partial charge in [0.15, 0.2) is 0 Å². The average molecular weight is 329 g/mol. The maximum Gasteiger partial charge on any atom is 0.416 e. The number of nitrogens with zero attached hydrogens (tertiary/aromatic N) is 1. The van der Waals surface area contributed by atoms with Crippen molar-refractivity contribution >= 4 is 11.7 Å². The molecule has 1 aliphatic heterocycles. The van der Waals surface area contributed by atoms with E-state index in [2.05, 4.69) is 9.64 Å². The summed E-state index contributed by atoms with van der Waals surface area (Å²) in [6.45, 7) is 1.68. The Morgan fingerprint density at radius 1 is 1.22 bits per heavy atom. The zero-order valence-electron chi connectivity index (χ0n) is 13.2. The quantitative estimate of drug-likeness (QED) is 0.756. The van der Waals surface area contributed by atoms with Crippen LogP contribution >= 0.6 is 0 Å². The van der Waals surface area contributed by atoms with Gasteiger partial charge in [-0.05, 0) is 55.9 Å². The predicted molar refractivity (Wildman–Crippen MR) is 82.2 cm³/mol. The van der Waals surface area contributed by atoms with Gasteiger partial charge in [-0.25, -0.2) is 0 Å². The summed E-state index contributed by atoms with van der Waals surface area (Å²) in [6.07, 6.45) is -0.00125. The number of benzene rings is 1. The first-order valence-electron chi connectivity index (χ1n) is 7.89. The SMILES string of the molecule is COC(=O)CCCC1CCN(c2ccc(C(F)(F)F)cc2)CC1. The number of rotatable bonds is 5. The number of hydrogen-bond donors (Lipinski definition) is 0. The topological polar surface area (TPSA) is 29.5 Å². The van der Waals surface area contributed by atoms with Crippen LogP contribution in [-0.2, 0) is 15.7 Å². The molecule has 1 aromatic carbocycles. The summed E-state index contributed by atoms with van der Waals surface area (Å²) in [4.78, 5) is 13.2. The Kier molecular flexibility index (Phi) is 5.91. The fourth-order valence-electron chi connectivity index (χ4n) is 2.98. The van der Waals surface area contributed by atoms with Crippen LogP contribution in [0.1, 0.15) is 37.7 Å². The molecular weight excluding hydrogens is 307 g/mol. The molecule has 1 heterocycles. The van der Waals surface area contributed by atoms with E-state index >= 15 is 0 Å². The van der Waals surface area contributed by atoms with Crippen molar-refractivity contribution in [2.75, 3.05) is 25.1 Å². The maximum absolute atomic E-state index is 12.6. The van der Waals surface area contributed by atoms with Gasteiger partial charge in [0.05, 0.1) is 12.7 Å². The molecule has 0 atom stereocenters. The number of carbonyl (C=O) groups is 1. The summed E-state index contributed by atoms with van der Waals surface area (Å²) >= 11 is 0. The largest absolute Gasteiger partial charge is 0.469 e. The third kappa shape index (κ3) is 5.15. The molecule has 1 aliphatic rings. The molecule has 1 saturated heterocycles. The van der Waals surface area contributed by atoms with Crippen molar-refractivity contribution in [1.29, 1.82) is 0 Å². The van der Waals surface area contributed by atoms with Crippen molar-refractivity contribution in [3.63, 3.8) is 0 Å². The minimum atomic E-state index is -4.29. The minimum Gasteiger partial charge on any atom is -0.469 e. The van der Waals surface area contributed by atoms with E-state index < -0.39 is 11.7 Å². The van der Waals surface area contributed by atoms with E-state index in [1.807, 2.05) is 0 Å². The van der Waals surface area contributed by atoms with Crippen molar-refractivity contribution in [3.8, 4) is 0 Å². The second-order valence-electron chi connectivity index (χ2n) is 5.94. The second kappa shape index (κ2) is 7.70. The number of anilines is 1. The Morgan fingerprint density at radius 2 is 1.83 bits per heavy atom. The van der Waals surface area contributed by atoms with Gasteiger partial charge in [0.2, 0.25) is 0 Å². The van der Waals surface area contributed by atoms with E-state index in [-0.39, 0.29) is 5.97 Å². The van der Waals surface area contributed by atoms with Crippen LogP contribution in [0.25, 0.3) is 0 Å². The highest BCUT2D eigenvalue weighted by Crippen LogP contribution is 2.32. The number of piperidine rings is 1. The summed E-state index contributed by atoms with van der Waals surface area (Å²) in [5, 5.41) is 0. The highest BCUT2D eigenvalue weighted by Gasteiger charge is 2.30. The number of methoxy groups -OCH3 is 1. The zero-order chi connectivity index (χ0) is 16.9. The van der Waals surface area contributed by atoms with Gasteiger partial charge in [0.1, 0.15) is 0 Å². The van der Waals surface area contributed by atoms with Gasteiger partial charge in [-0.1, -0.05) is 0 Å². The molecule has 0 N–H and O–H groups in total. The van der Waals surface area contributed by atoms with Crippen molar-refractivity contribution in [3.05, 3.63) is 29.8 Å². The van der Waals surface area contributed by atoms with Crippen LogP contribution in [-0.4, -0.2) is 26.2 Å². The van der Waals surface area contributed by atoms with Crippen molar-refractivity contribution < 1.29 is 22.7 Å². The smallest absolute Gasteiger partial charge is 0.416 e. The summed E-state index contributed by atoms with van der Waals surface area (Å²) in [6, 6.07) is 5.36. The normalized spacial score (nSPS) is 16.4. The van der Waals surface area contributed by atoms with Gasteiger partial charge in [0, 0.05) is 25.2 Å². The van der Waals surface area contributed by atoms with Crippen LogP contribution < -0.4 is 4.90 Å². The number of esters is 1. The van der Waals surface area contributed by atoms with E-state index in [1.54, 1.807) is 12.1 Å². The highest BCUT2D eigenvalue weighted by atomic mass is 19.4. The van der Waals surface area contributed by atoms with Crippen LogP contribution in [0.5, 0.6) is 0 Å². The summed E-state index contributed by atoms with van der Waals surface area (Å²) in [5.41, 5.74) is 0.227. The average Bonchev–Trinajstić information content (AvgIpc) is 2.54.